The minimum absolute atomic E-state index is 0.0579. The van der Waals surface area contributed by atoms with Crippen LogP contribution >= 0.6 is 11.6 Å². The number of aliphatic hydroxyl groups excluding tert-OH is 1. The molecule has 0 spiro atoms. The molecule has 2 unspecified atom stereocenters. The van der Waals surface area contributed by atoms with Crippen LogP contribution in [0.15, 0.2) is 24.3 Å². The largest absolute Gasteiger partial charge is 0.392 e. The molecule has 0 bridgehead atoms. The van der Waals surface area contributed by atoms with E-state index in [9.17, 15) is 9.90 Å². The molecule has 1 aromatic carbocycles. The normalized spacial score (nSPS) is 14.1. The van der Waals surface area contributed by atoms with Crippen LogP contribution in [0.5, 0.6) is 0 Å². The van der Waals surface area contributed by atoms with E-state index >= 15 is 0 Å². The predicted molar refractivity (Wildman–Crippen MR) is 79.7 cm³/mol. The number of nitrogens with one attached hydrogen (secondary N) is 1. The standard InChI is InChI=1S/C15H22ClNO3/c1-10(2)13(18)8-15(19)17-9-14(20-3)11-6-4-5-7-12(11)16/h4-7,10,13-14,18H,8-9H2,1-3H3,(H,17,19). The number of amides is 1. The van der Waals surface area contributed by atoms with Gasteiger partial charge in [0.05, 0.1) is 12.5 Å². The second kappa shape index (κ2) is 8.25. The van der Waals surface area contributed by atoms with Gasteiger partial charge in [0.2, 0.25) is 5.91 Å². The number of ether oxygens (including phenoxy) is 1. The molecular weight excluding hydrogens is 278 g/mol. The number of carbonyl (C=O) groups excluding carboxylic acids is 1. The summed E-state index contributed by atoms with van der Waals surface area (Å²) < 4.78 is 5.36. The molecule has 0 saturated heterocycles. The van der Waals surface area contributed by atoms with Crippen molar-refractivity contribution in [3.63, 3.8) is 0 Å². The Morgan fingerprint density at radius 1 is 1.40 bits per heavy atom. The molecule has 1 amide bonds. The van der Waals surface area contributed by atoms with Gasteiger partial charge in [-0.2, -0.15) is 0 Å². The van der Waals surface area contributed by atoms with Crippen LogP contribution < -0.4 is 5.32 Å². The summed E-state index contributed by atoms with van der Waals surface area (Å²) in [7, 11) is 1.57. The van der Waals surface area contributed by atoms with Crippen molar-refractivity contribution in [2.24, 2.45) is 5.92 Å². The summed E-state index contributed by atoms with van der Waals surface area (Å²) in [6, 6.07) is 7.37. The molecule has 2 N–H and O–H groups in total. The first kappa shape index (κ1) is 17.0. The van der Waals surface area contributed by atoms with Crippen LogP contribution in [-0.2, 0) is 9.53 Å². The molecule has 1 rings (SSSR count). The Kier molecular flexibility index (Phi) is 6.99. The summed E-state index contributed by atoms with van der Waals surface area (Å²) in [5.74, 6) is -0.136. The van der Waals surface area contributed by atoms with E-state index in [1.54, 1.807) is 13.2 Å². The Bertz CT molecular complexity index is 437. The van der Waals surface area contributed by atoms with Crippen molar-refractivity contribution in [1.29, 1.82) is 0 Å². The van der Waals surface area contributed by atoms with E-state index in [0.717, 1.165) is 5.56 Å². The fraction of sp³-hybridized carbons (Fsp3) is 0.533. The lowest BCUT2D eigenvalue weighted by Crippen LogP contribution is -2.33. The highest BCUT2D eigenvalue weighted by atomic mass is 35.5. The van der Waals surface area contributed by atoms with Gasteiger partial charge in [-0.3, -0.25) is 4.79 Å². The van der Waals surface area contributed by atoms with Crippen LogP contribution in [0.1, 0.15) is 31.9 Å². The zero-order valence-corrected chi connectivity index (χ0v) is 12.9. The van der Waals surface area contributed by atoms with Crippen LogP contribution in [0.2, 0.25) is 5.02 Å². The van der Waals surface area contributed by atoms with Crippen molar-refractivity contribution < 1.29 is 14.6 Å². The van der Waals surface area contributed by atoms with E-state index in [1.807, 2.05) is 32.0 Å². The lowest BCUT2D eigenvalue weighted by molar-refractivity contribution is -0.124. The van der Waals surface area contributed by atoms with E-state index < -0.39 is 6.10 Å². The van der Waals surface area contributed by atoms with Crippen LogP contribution in [0.4, 0.5) is 0 Å². The first-order chi connectivity index (χ1) is 9.45. The average molecular weight is 300 g/mol. The van der Waals surface area contributed by atoms with Gasteiger partial charge >= 0.3 is 0 Å². The van der Waals surface area contributed by atoms with E-state index in [0.29, 0.717) is 11.6 Å². The SMILES string of the molecule is COC(CNC(=O)CC(O)C(C)C)c1ccccc1Cl. The number of methoxy groups -OCH3 is 1. The number of carbonyl (C=O) groups is 1. The number of hydrogen-bond donors (Lipinski definition) is 2. The minimum Gasteiger partial charge on any atom is -0.392 e. The van der Waals surface area contributed by atoms with Gasteiger partial charge in [-0.1, -0.05) is 43.6 Å². The van der Waals surface area contributed by atoms with Crippen LogP contribution in [-0.4, -0.2) is 30.8 Å². The van der Waals surface area contributed by atoms with Gasteiger partial charge in [0.25, 0.3) is 0 Å². The topological polar surface area (TPSA) is 58.6 Å². The molecule has 0 heterocycles. The van der Waals surface area contributed by atoms with Crippen molar-refractivity contribution in [2.45, 2.75) is 32.5 Å². The van der Waals surface area contributed by atoms with Gasteiger partial charge in [-0.25, -0.2) is 0 Å². The van der Waals surface area contributed by atoms with Crippen LogP contribution in [0, 0.1) is 5.92 Å². The Balaban J connectivity index is 2.54. The van der Waals surface area contributed by atoms with Crippen molar-refractivity contribution in [3.8, 4) is 0 Å². The molecule has 5 heteroatoms. The smallest absolute Gasteiger partial charge is 0.222 e. The summed E-state index contributed by atoms with van der Waals surface area (Å²) in [5.41, 5.74) is 0.835. The second-order valence-electron chi connectivity index (χ2n) is 5.07. The molecular formula is C15H22ClNO3. The molecule has 0 aliphatic heterocycles. The van der Waals surface area contributed by atoms with Gasteiger partial charge in [-0.15, -0.1) is 0 Å². The molecule has 20 heavy (non-hydrogen) atoms. The quantitative estimate of drug-likeness (QED) is 0.813. The molecule has 0 aromatic heterocycles. The molecule has 112 valence electrons. The van der Waals surface area contributed by atoms with E-state index in [1.165, 1.54) is 0 Å². The summed E-state index contributed by atoms with van der Waals surface area (Å²) in [5, 5.41) is 13.0. The predicted octanol–water partition coefficient (Wildman–Crippen LogP) is 2.55. The van der Waals surface area contributed by atoms with Crippen molar-refractivity contribution in [3.05, 3.63) is 34.9 Å². The second-order valence-corrected chi connectivity index (χ2v) is 5.47. The highest BCUT2D eigenvalue weighted by molar-refractivity contribution is 6.31. The Morgan fingerprint density at radius 3 is 2.60 bits per heavy atom. The van der Waals surface area contributed by atoms with Gasteiger partial charge in [0, 0.05) is 24.2 Å². The zero-order valence-electron chi connectivity index (χ0n) is 12.1. The summed E-state index contributed by atoms with van der Waals surface area (Å²) >= 11 is 6.11. The maximum Gasteiger partial charge on any atom is 0.222 e. The zero-order chi connectivity index (χ0) is 15.1. The lowest BCUT2D eigenvalue weighted by Gasteiger charge is -2.19. The van der Waals surface area contributed by atoms with Gasteiger partial charge < -0.3 is 15.2 Å². The monoisotopic (exact) mass is 299 g/mol. The van der Waals surface area contributed by atoms with Gasteiger partial charge in [0.15, 0.2) is 0 Å². The van der Waals surface area contributed by atoms with Crippen molar-refractivity contribution in [1.82, 2.24) is 5.32 Å². The Labute approximate surface area is 125 Å². The minimum atomic E-state index is -0.628. The van der Waals surface area contributed by atoms with Gasteiger partial charge in [-0.05, 0) is 12.0 Å². The fourth-order valence-corrected chi connectivity index (χ4v) is 2.02. The molecule has 4 nitrogen and oxygen atoms in total. The molecule has 0 aliphatic carbocycles. The number of aliphatic hydroxyl groups is 1. The lowest BCUT2D eigenvalue weighted by atomic mass is 10.0. The van der Waals surface area contributed by atoms with Crippen LogP contribution in [0.25, 0.3) is 0 Å². The highest BCUT2D eigenvalue weighted by Crippen LogP contribution is 2.24. The van der Waals surface area contributed by atoms with Crippen LogP contribution in [0.3, 0.4) is 0 Å². The number of rotatable bonds is 7. The Hall–Kier alpha value is -1.10. The molecule has 1 aromatic rings. The molecule has 0 radical (unpaired) electrons. The molecule has 2 atom stereocenters. The summed E-state index contributed by atoms with van der Waals surface area (Å²) in [6.07, 6.45) is -0.837. The molecule has 0 fully saturated rings. The van der Waals surface area contributed by atoms with E-state index in [-0.39, 0.29) is 24.3 Å². The summed E-state index contributed by atoms with van der Waals surface area (Å²) in [4.78, 5) is 11.7. The summed E-state index contributed by atoms with van der Waals surface area (Å²) in [6.45, 7) is 4.07. The third-order valence-electron chi connectivity index (χ3n) is 3.19. The number of hydrogen-bond acceptors (Lipinski definition) is 3. The fourth-order valence-electron chi connectivity index (χ4n) is 1.76. The number of halogens is 1. The van der Waals surface area contributed by atoms with E-state index in [4.69, 9.17) is 16.3 Å². The molecule has 0 aliphatic rings. The third kappa shape index (κ3) is 5.12. The molecule has 0 saturated carbocycles. The van der Waals surface area contributed by atoms with Crippen molar-refractivity contribution in [2.75, 3.05) is 13.7 Å². The first-order valence-electron chi connectivity index (χ1n) is 6.67. The van der Waals surface area contributed by atoms with E-state index in [2.05, 4.69) is 5.32 Å². The van der Waals surface area contributed by atoms with Crippen molar-refractivity contribution >= 4 is 17.5 Å². The maximum absolute atomic E-state index is 11.7. The number of benzene rings is 1. The average Bonchev–Trinajstić information content (AvgIpc) is 2.41. The third-order valence-corrected chi connectivity index (χ3v) is 3.53. The maximum atomic E-state index is 11.7. The van der Waals surface area contributed by atoms with Gasteiger partial charge in [0.1, 0.15) is 6.10 Å². The first-order valence-corrected chi connectivity index (χ1v) is 7.05. The highest BCUT2D eigenvalue weighted by Gasteiger charge is 2.17. The Morgan fingerprint density at radius 2 is 2.05 bits per heavy atom.